The van der Waals surface area contributed by atoms with Crippen LogP contribution in [0.4, 0.5) is 5.82 Å². The standard InChI is InChI=1S/C21H33N5O/c1-20(2)14-21(3,4)19(20)24-18(27)15-5-6-17(23-11-15)26-9-7-25(8-10-26)16-12-22-13-16/h5-6,11,16,19,22H,7-10,12-14H2,1-4H3,(H,24,27). The Hall–Kier alpha value is -1.66. The number of anilines is 1. The summed E-state index contributed by atoms with van der Waals surface area (Å²) in [6.45, 7) is 15.3. The summed E-state index contributed by atoms with van der Waals surface area (Å²) in [5.41, 5.74) is 0.959. The highest BCUT2D eigenvalue weighted by molar-refractivity contribution is 5.94. The molecule has 2 N–H and O–H groups in total. The van der Waals surface area contributed by atoms with Gasteiger partial charge in [0, 0.05) is 57.5 Å². The first-order chi connectivity index (χ1) is 12.8. The van der Waals surface area contributed by atoms with Crippen LogP contribution in [0, 0.1) is 10.8 Å². The largest absolute Gasteiger partial charge is 0.354 e. The number of nitrogens with zero attached hydrogens (tertiary/aromatic N) is 3. The zero-order chi connectivity index (χ0) is 19.2. The number of hydrogen-bond acceptors (Lipinski definition) is 5. The number of rotatable bonds is 4. The van der Waals surface area contributed by atoms with E-state index in [1.165, 1.54) is 0 Å². The second-order valence-corrected chi connectivity index (χ2v) is 9.80. The van der Waals surface area contributed by atoms with Crippen molar-refractivity contribution in [2.45, 2.75) is 46.2 Å². The summed E-state index contributed by atoms with van der Waals surface area (Å²) >= 11 is 0. The van der Waals surface area contributed by atoms with E-state index in [4.69, 9.17) is 0 Å². The first kappa shape index (κ1) is 18.7. The number of hydrogen-bond donors (Lipinski definition) is 2. The van der Waals surface area contributed by atoms with E-state index in [1.807, 2.05) is 12.1 Å². The molecule has 0 atom stereocenters. The maximum Gasteiger partial charge on any atom is 0.253 e. The third kappa shape index (κ3) is 3.57. The molecule has 27 heavy (non-hydrogen) atoms. The van der Waals surface area contributed by atoms with Gasteiger partial charge in [0.25, 0.3) is 5.91 Å². The topological polar surface area (TPSA) is 60.5 Å². The molecule has 2 saturated heterocycles. The molecule has 1 saturated carbocycles. The van der Waals surface area contributed by atoms with E-state index in [9.17, 15) is 4.79 Å². The Morgan fingerprint density at radius 1 is 1.11 bits per heavy atom. The molecule has 1 aromatic heterocycles. The molecule has 2 aliphatic heterocycles. The van der Waals surface area contributed by atoms with Crippen LogP contribution < -0.4 is 15.5 Å². The van der Waals surface area contributed by atoms with Crippen LogP contribution in [-0.2, 0) is 0 Å². The smallest absolute Gasteiger partial charge is 0.253 e. The lowest BCUT2D eigenvalue weighted by atomic mass is 9.52. The molecular weight excluding hydrogens is 338 g/mol. The van der Waals surface area contributed by atoms with Crippen molar-refractivity contribution >= 4 is 11.7 Å². The minimum Gasteiger partial charge on any atom is -0.354 e. The van der Waals surface area contributed by atoms with Gasteiger partial charge in [0.15, 0.2) is 0 Å². The third-order valence-corrected chi connectivity index (χ3v) is 6.67. The molecule has 1 aliphatic carbocycles. The SMILES string of the molecule is CC1(C)CC(C)(C)C1NC(=O)c1ccc(N2CCN(C3CNC3)CC2)nc1. The number of carbonyl (C=O) groups is 1. The molecule has 3 fully saturated rings. The Labute approximate surface area is 162 Å². The molecule has 0 unspecified atom stereocenters. The zero-order valence-corrected chi connectivity index (χ0v) is 17.1. The lowest BCUT2D eigenvalue weighted by Gasteiger charge is -2.57. The van der Waals surface area contributed by atoms with Crippen LogP contribution in [0.3, 0.4) is 0 Å². The highest BCUT2D eigenvalue weighted by Gasteiger charge is 2.53. The van der Waals surface area contributed by atoms with Gasteiger partial charge in [-0.25, -0.2) is 4.98 Å². The van der Waals surface area contributed by atoms with Gasteiger partial charge < -0.3 is 15.5 Å². The molecule has 6 nitrogen and oxygen atoms in total. The van der Waals surface area contributed by atoms with Crippen molar-refractivity contribution in [2.75, 3.05) is 44.2 Å². The Balaban J connectivity index is 1.34. The molecule has 1 amide bonds. The van der Waals surface area contributed by atoms with Crippen LogP contribution >= 0.6 is 0 Å². The van der Waals surface area contributed by atoms with Crippen LogP contribution in [-0.4, -0.2) is 67.1 Å². The van der Waals surface area contributed by atoms with Crippen molar-refractivity contribution < 1.29 is 4.79 Å². The number of nitrogens with one attached hydrogen (secondary N) is 2. The van der Waals surface area contributed by atoms with E-state index >= 15 is 0 Å². The Bertz CT molecular complexity index is 673. The van der Waals surface area contributed by atoms with E-state index in [0.717, 1.165) is 51.5 Å². The molecule has 6 heteroatoms. The Kier molecular flexibility index (Phi) is 4.67. The van der Waals surface area contributed by atoms with Crippen LogP contribution in [0.2, 0.25) is 0 Å². The van der Waals surface area contributed by atoms with Gasteiger partial charge in [0.2, 0.25) is 0 Å². The van der Waals surface area contributed by atoms with Gasteiger partial charge in [-0.15, -0.1) is 0 Å². The summed E-state index contributed by atoms with van der Waals surface area (Å²) < 4.78 is 0. The predicted octanol–water partition coefficient (Wildman–Crippen LogP) is 1.73. The first-order valence-corrected chi connectivity index (χ1v) is 10.2. The molecule has 0 radical (unpaired) electrons. The highest BCUT2D eigenvalue weighted by Crippen LogP contribution is 2.53. The van der Waals surface area contributed by atoms with Gasteiger partial charge in [-0.1, -0.05) is 27.7 Å². The van der Waals surface area contributed by atoms with Gasteiger partial charge in [0.05, 0.1) is 5.56 Å². The monoisotopic (exact) mass is 371 g/mol. The minimum absolute atomic E-state index is 0.0118. The first-order valence-electron chi connectivity index (χ1n) is 10.2. The Morgan fingerprint density at radius 3 is 2.26 bits per heavy atom. The highest BCUT2D eigenvalue weighted by atomic mass is 16.1. The van der Waals surface area contributed by atoms with Crippen molar-refractivity contribution in [2.24, 2.45) is 10.8 Å². The molecule has 4 rings (SSSR count). The van der Waals surface area contributed by atoms with Gasteiger partial charge in [-0.2, -0.15) is 0 Å². The van der Waals surface area contributed by atoms with Crippen molar-refractivity contribution in [3.05, 3.63) is 23.9 Å². The van der Waals surface area contributed by atoms with Crippen molar-refractivity contribution in [3.63, 3.8) is 0 Å². The summed E-state index contributed by atoms with van der Waals surface area (Å²) in [6.07, 6.45) is 2.86. The molecule has 1 aromatic rings. The molecule has 0 bridgehead atoms. The summed E-state index contributed by atoms with van der Waals surface area (Å²) in [6, 6.07) is 4.82. The van der Waals surface area contributed by atoms with Crippen molar-refractivity contribution in [1.82, 2.24) is 20.5 Å². The fourth-order valence-electron chi connectivity index (χ4n) is 5.47. The fraction of sp³-hybridized carbons (Fsp3) is 0.714. The van der Waals surface area contributed by atoms with Gasteiger partial charge in [0.1, 0.15) is 5.82 Å². The normalized spacial score (nSPS) is 25.6. The lowest BCUT2D eigenvalue weighted by Crippen LogP contribution is -2.63. The average Bonchev–Trinajstić information content (AvgIpc) is 2.58. The van der Waals surface area contributed by atoms with Crippen molar-refractivity contribution in [1.29, 1.82) is 0 Å². The zero-order valence-electron chi connectivity index (χ0n) is 17.1. The maximum absolute atomic E-state index is 12.7. The van der Waals surface area contributed by atoms with E-state index in [0.29, 0.717) is 11.6 Å². The van der Waals surface area contributed by atoms with E-state index < -0.39 is 0 Å². The van der Waals surface area contributed by atoms with E-state index in [-0.39, 0.29) is 22.8 Å². The van der Waals surface area contributed by atoms with Crippen LogP contribution in [0.5, 0.6) is 0 Å². The summed E-state index contributed by atoms with van der Waals surface area (Å²) in [7, 11) is 0. The number of pyridine rings is 1. The summed E-state index contributed by atoms with van der Waals surface area (Å²) in [5.74, 6) is 0.962. The molecule has 148 valence electrons. The number of amides is 1. The van der Waals surface area contributed by atoms with Crippen LogP contribution in [0.15, 0.2) is 18.3 Å². The number of aromatic nitrogens is 1. The number of piperazine rings is 1. The number of carbonyl (C=O) groups excluding carboxylic acids is 1. The van der Waals surface area contributed by atoms with Crippen LogP contribution in [0.1, 0.15) is 44.5 Å². The van der Waals surface area contributed by atoms with Gasteiger partial charge >= 0.3 is 0 Å². The van der Waals surface area contributed by atoms with E-state index in [1.54, 1.807) is 6.20 Å². The second kappa shape index (κ2) is 6.74. The quantitative estimate of drug-likeness (QED) is 0.844. The summed E-state index contributed by atoms with van der Waals surface area (Å²) in [5, 5.41) is 6.58. The molecule has 3 aliphatic rings. The minimum atomic E-state index is -0.0118. The molecule has 0 aromatic carbocycles. The third-order valence-electron chi connectivity index (χ3n) is 6.67. The second-order valence-electron chi connectivity index (χ2n) is 9.80. The van der Waals surface area contributed by atoms with Crippen molar-refractivity contribution in [3.8, 4) is 0 Å². The molecule has 3 heterocycles. The van der Waals surface area contributed by atoms with Gasteiger partial charge in [-0.05, 0) is 29.4 Å². The predicted molar refractivity (Wildman–Crippen MR) is 108 cm³/mol. The van der Waals surface area contributed by atoms with E-state index in [2.05, 4.69) is 53.1 Å². The lowest BCUT2D eigenvalue weighted by molar-refractivity contribution is -0.0366. The summed E-state index contributed by atoms with van der Waals surface area (Å²) in [4.78, 5) is 22.2. The van der Waals surface area contributed by atoms with Crippen LogP contribution in [0.25, 0.3) is 0 Å². The Morgan fingerprint density at radius 2 is 1.78 bits per heavy atom. The maximum atomic E-state index is 12.7. The molecule has 0 spiro atoms. The molecular formula is C21H33N5O. The van der Waals surface area contributed by atoms with Gasteiger partial charge in [-0.3, -0.25) is 9.69 Å². The average molecular weight is 372 g/mol. The fourth-order valence-corrected chi connectivity index (χ4v) is 5.47.